The van der Waals surface area contributed by atoms with E-state index < -0.39 is 0 Å². The van der Waals surface area contributed by atoms with Gasteiger partial charge in [0.1, 0.15) is 0 Å². The molecule has 92 valence electrons. The van der Waals surface area contributed by atoms with Gasteiger partial charge in [-0.15, -0.1) is 0 Å². The van der Waals surface area contributed by atoms with Gasteiger partial charge in [-0.1, -0.05) is 5.23 Å². The quantitative estimate of drug-likeness (QED) is 0.466. The monoisotopic (exact) mass is 222 g/mol. The van der Waals surface area contributed by atoms with Gasteiger partial charge >= 0.3 is 0 Å². The van der Waals surface area contributed by atoms with Crippen molar-refractivity contribution in [2.45, 2.75) is 6.42 Å². The van der Waals surface area contributed by atoms with Crippen molar-refractivity contribution in [3.63, 3.8) is 0 Å². The van der Waals surface area contributed by atoms with Gasteiger partial charge in [0.15, 0.2) is 0 Å². The lowest BCUT2D eigenvalue weighted by Gasteiger charge is -2.20. The van der Waals surface area contributed by atoms with Crippen LogP contribution in [-0.2, 0) is 9.68 Å². The zero-order chi connectivity index (χ0) is 11.5. The largest absolute Gasteiger partial charge is 0.394 e. The van der Waals surface area contributed by atoms with Crippen molar-refractivity contribution in [3.05, 3.63) is 0 Å². The van der Waals surface area contributed by atoms with E-state index in [1.807, 2.05) is 14.1 Å². The summed E-state index contributed by atoms with van der Waals surface area (Å²) in [6.07, 6.45) is 0.893. The molecule has 0 rings (SSSR count). The molecule has 0 saturated carbocycles. The van der Waals surface area contributed by atoms with Crippen molar-refractivity contribution < 1.29 is 19.9 Å². The van der Waals surface area contributed by atoms with Crippen LogP contribution in [0, 0.1) is 0 Å². The minimum absolute atomic E-state index is 0.0489. The van der Waals surface area contributed by atoms with Crippen LogP contribution in [0.2, 0.25) is 0 Å². The maximum atomic E-state index is 8.59. The average Bonchev–Trinajstić information content (AvgIpc) is 2.20. The molecule has 6 nitrogen and oxygen atoms in total. The van der Waals surface area contributed by atoms with Crippen molar-refractivity contribution in [2.75, 3.05) is 53.6 Å². The third-order valence-corrected chi connectivity index (χ3v) is 1.60. The fourth-order valence-corrected chi connectivity index (χ4v) is 0.968. The van der Waals surface area contributed by atoms with Gasteiger partial charge in [-0.3, -0.25) is 9.68 Å². The Morgan fingerprint density at radius 1 is 0.933 bits per heavy atom. The van der Waals surface area contributed by atoms with Crippen molar-refractivity contribution in [3.8, 4) is 0 Å². The molecular weight excluding hydrogens is 200 g/mol. The topological polar surface area (TPSA) is 65.4 Å². The molecule has 0 spiro atoms. The lowest BCUT2D eigenvalue weighted by atomic mass is 10.4. The number of hydrogen-bond donors (Lipinski definition) is 2. The summed E-state index contributed by atoms with van der Waals surface area (Å²) in [4.78, 5) is 12.3. The predicted molar refractivity (Wildman–Crippen MR) is 56.0 cm³/mol. The summed E-state index contributed by atoms with van der Waals surface area (Å²) in [7, 11) is 3.99. The molecule has 0 amide bonds. The molecule has 15 heavy (non-hydrogen) atoms. The molecule has 0 aromatic carbocycles. The highest BCUT2D eigenvalue weighted by atomic mass is 16.9. The lowest BCUT2D eigenvalue weighted by molar-refractivity contribution is -0.371. The number of rotatable bonds is 10. The number of hydroxylamine groups is 2. The van der Waals surface area contributed by atoms with Crippen LogP contribution in [0.15, 0.2) is 0 Å². The molecule has 0 unspecified atom stereocenters. The normalized spacial score (nSPS) is 11.6. The summed E-state index contributed by atoms with van der Waals surface area (Å²) in [5, 5.41) is 18.5. The maximum absolute atomic E-state index is 8.59. The molecule has 0 saturated heterocycles. The molecule has 0 radical (unpaired) electrons. The fourth-order valence-electron chi connectivity index (χ4n) is 0.968. The Hall–Kier alpha value is -0.240. The summed E-state index contributed by atoms with van der Waals surface area (Å²) in [6.45, 7) is 1.85. The Balaban J connectivity index is 3.58. The number of nitrogens with zero attached hydrogens (tertiary/aromatic N) is 2. The van der Waals surface area contributed by atoms with Crippen LogP contribution in [0.5, 0.6) is 0 Å². The van der Waals surface area contributed by atoms with Crippen LogP contribution < -0.4 is 0 Å². The van der Waals surface area contributed by atoms with Gasteiger partial charge in [-0.25, -0.2) is 0 Å². The van der Waals surface area contributed by atoms with Gasteiger partial charge in [0.05, 0.1) is 33.0 Å². The molecule has 0 aromatic heterocycles. The molecule has 0 aliphatic rings. The van der Waals surface area contributed by atoms with Gasteiger partial charge in [0.2, 0.25) is 0 Å². The fraction of sp³-hybridized carbons (Fsp3) is 1.00. The van der Waals surface area contributed by atoms with E-state index in [1.165, 1.54) is 5.23 Å². The summed E-state index contributed by atoms with van der Waals surface area (Å²) in [5.74, 6) is 0. The van der Waals surface area contributed by atoms with E-state index in [2.05, 4.69) is 4.90 Å². The third kappa shape index (κ3) is 10.1. The third-order valence-electron chi connectivity index (χ3n) is 1.60. The molecule has 0 fully saturated rings. The maximum Gasteiger partial charge on any atom is 0.0942 e. The number of aliphatic hydroxyl groups excluding tert-OH is 2. The second kappa shape index (κ2) is 10.3. The SMILES string of the molecule is CN(C)CCCN(OCCO)OCCO. The summed E-state index contributed by atoms with van der Waals surface area (Å²) >= 11 is 0. The minimum atomic E-state index is -0.0489. The van der Waals surface area contributed by atoms with E-state index in [1.54, 1.807) is 0 Å². The highest BCUT2D eigenvalue weighted by Crippen LogP contribution is 1.96. The highest BCUT2D eigenvalue weighted by Gasteiger charge is 2.05. The van der Waals surface area contributed by atoms with E-state index in [9.17, 15) is 0 Å². The van der Waals surface area contributed by atoms with E-state index in [0.717, 1.165) is 13.0 Å². The predicted octanol–water partition coefficient (Wildman–Crippen LogP) is -0.912. The first-order valence-electron chi connectivity index (χ1n) is 5.10. The van der Waals surface area contributed by atoms with Gasteiger partial charge in [-0.2, -0.15) is 0 Å². The first-order chi connectivity index (χ1) is 7.20. The smallest absolute Gasteiger partial charge is 0.0942 e. The van der Waals surface area contributed by atoms with Gasteiger partial charge in [-0.05, 0) is 27.1 Å². The Labute approximate surface area is 90.9 Å². The van der Waals surface area contributed by atoms with Crippen LogP contribution in [0.3, 0.4) is 0 Å². The zero-order valence-corrected chi connectivity index (χ0v) is 9.56. The molecule has 0 bridgehead atoms. The molecule has 0 aliphatic heterocycles. The van der Waals surface area contributed by atoms with Gasteiger partial charge in [0, 0.05) is 0 Å². The highest BCUT2D eigenvalue weighted by molar-refractivity contribution is 4.44. The standard InChI is InChI=1S/C9H22N2O4/c1-10(2)4-3-5-11(14-8-6-12)15-9-7-13/h12-13H,3-9H2,1-2H3. The molecule has 0 aliphatic carbocycles. The van der Waals surface area contributed by atoms with Crippen molar-refractivity contribution in [1.29, 1.82) is 0 Å². The van der Waals surface area contributed by atoms with Crippen molar-refractivity contribution in [2.24, 2.45) is 0 Å². The van der Waals surface area contributed by atoms with Crippen molar-refractivity contribution in [1.82, 2.24) is 10.1 Å². The number of hydrogen-bond acceptors (Lipinski definition) is 6. The molecule has 0 aromatic rings. The Kier molecular flexibility index (Phi) is 10.1. The van der Waals surface area contributed by atoms with Crippen LogP contribution in [0.25, 0.3) is 0 Å². The Morgan fingerprint density at radius 3 is 1.87 bits per heavy atom. The summed E-state index contributed by atoms with van der Waals surface area (Å²) < 4.78 is 0. The first-order valence-corrected chi connectivity index (χ1v) is 5.10. The molecule has 2 N–H and O–H groups in total. The molecule has 0 atom stereocenters. The second-order valence-corrected chi connectivity index (χ2v) is 3.33. The van der Waals surface area contributed by atoms with Crippen LogP contribution >= 0.6 is 0 Å². The van der Waals surface area contributed by atoms with Crippen LogP contribution in [-0.4, -0.2) is 74.0 Å². The minimum Gasteiger partial charge on any atom is -0.394 e. The van der Waals surface area contributed by atoms with Crippen LogP contribution in [0.4, 0.5) is 0 Å². The zero-order valence-electron chi connectivity index (χ0n) is 9.56. The summed E-state index contributed by atoms with van der Waals surface area (Å²) in [6, 6.07) is 0. The second-order valence-electron chi connectivity index (χ2n) is 3.33. The van der Waals surface area contributed by atoms with Crippen LogP contribution in [0.1, 0.15) is 6.42 Å². The first kappa shape index (κ1) is 14.8. The molecule has 0 heterocycles. The van der Waals surface area contributed by atoms with E-state index in [4.69, 9.17) is 19.9 Å². The molecule has 6 heteroatoms. The number of aliphatic hydroxyl groups is 2. The Morgan fingerprint density at radius 2 is 1.47 bits per heavy atom. The van der Waals surface area contributed by atoms with E-state index >= 15 is 0 Å². The van der Waals surface area contributed by atoms with E-state index in [0.29, 0.717) is 6.54 Å². The van der Waals surface area contributed by atoms with Crippen molar-refractivity contribution >= 4 is 0 Å². The summed E-state index contributed by atoms with van der Waals surface area (Å²) in [5.41, 5.74) is 0. The van der Waals surface area contributed by atoms with Gasteiger partial charge < -0.3 is 15.1 Å². The average molecular weight is 222 g/mol. The van der Waals surface area contributed by atoms with E-state index in [-0.39, 0.29) is 26.4 Å². The van der Waals surface area contributed by atoms with Gasteiger partial charge in [0.25, 0.3) is 0 Å². The Bertz CT molecular complexity index is 127. The lowest BCUT2D eigenvalue weighted by Crippen LogP contribution is -2.30. The molecular formula is C9H22N2O4.